The summed E-state index contributed by atoms with van der Waals surface area (Å²) in [4.78, 5) is 14.4. The molecule has 0 radical (unpaired) electrons. The van der Waals surface area contributed by atoms with E-state index < -0.39 is 0 Å². The van der Waals surface area contributed by atoms with Crippen LogP contribution in [0.3, 0.4) is 0 Å². The summed E-state index contributed by atoms with van der Waals surface area (Å²) in [6, 6.07) is 5.66. The minimum Gasteiger partial charge on any atom is -0.338 e. The molecule has 1 aromatic rings. The Kier molecular flexibility index (Phi) is 5.10. The van der Waals surface area contributed by atoms with Crippen molar-refractivity contribution in [3.05, 3.63) is 32.7 Å². The van der Waals surface area contributed by atoms with Gasteiger partial charge in [0.1, 0.15) is 0 Å². The number of likely N-dealkylation sites (tertiary alicyclic amines) is 1. The van der Waals surface area contributed by atoms with E-state index in [0.717, 1.165) is 34.9 Å². The van der Waals surface area contributed by atoms with Gasteiger partial charge in [-0.1, -0.05) is 15.9 Å². The number of carbonyl (C=O) groups is 1. The lowest BCUT2D eigenvalue weighted by Crippen LogP contribution is -2.40. The molecule has 1 saturated heterocycles. The SMILES string of the molecule is O=C(c1cc(Br)ccc1Br)N1CCCC(CCl)C1. The van der Waals surface area contributed by atoms with Gasteiger partial charge in [0.15, 0.2) is 0 Å². The fourth-order valence-corrected chi connectivity index (χ4v) is 3.24. The summed E-state index contributed by atoms with van der Waals surface area (Å²) in [5.74, 6) is 1.14. The summed E-state index contributed by atoms with van der Waals surface area (Å²) < 4.78 is 1.75. The van der Waals surface area contributed by atoms with Crippen molar-refractivity contribution in [1.82, 2.24) is 4.90 Å². The molecule has 0 spiro atoms. The zero-order valence-corrected chi connectivity index (χ0v) is 13.8. The van der Waals surface area contributed by atoms with Gasteiger partial charge in [-0.05, 0) is 52.9 Å². The molecular weight excluding hydrogens is 381 g/mol. The van der Waals surface area contributed by atoms with Crippen LogP contribution in [0.2, 0.25) is 0 Å². The fourth-order valence-electron chi connectivity index (χ4n) is 2.21. The van der Waals surface area contributed by atoms with Crippen LogP contribution in [0.15, 0.2) is 27.1 Å². The number of benzene rings is 1. The molecule has 1 unspecified atom stereocenters. The Hall–Kier alpha value is -0.0600. The molecule has 2 rings (SSSR count). The van der Waals surface area contributed by atoms with Gasteiger partial charge in [-0.15, -0.1) is 11.6 Å². The zero-order chi connectivity index (χ0) is 13.1. The molecule has 1 heterocycles. The largest absolute Gasteiger partial charge is 0.338 e. The number of amides is 1. The normalized spacial score (nSPS) is 19.9. The summed E-state index contributed by atoms with van der Waals surface area (Å²) in [6.45, 7) is 1.59. The topological polar surface area (TPSA) is 20.3 Å². The maximum absolute atomic E-state index is 12.5. The van der Waals surface area contributed by atoms with Gasteiger partial charge in [-0.25, -0.2) is 0 Å². The molecule has 1 fully saturated rings. The highest BCUT2D eigenvalue weighted by molar-refractivity contribution is 9.11. The van der Waals surface area contributed by atoms with E-state index in [2.05, 4.69) is 31.9 Å². The van der Waals surface area contributed by atoms with E-state index in [0.29, 0.717) is 17.4 Å². The molecule has 1 aliphatic rings. The van der Waals surface area contributed by atoms with Crippen LogP contribution in [0.25, 0.3) is 0 Å². The molecule has 1 amide bonds. The van der Waals surface area contributed by atoms with Gasteiger partial charge in [0.2, 0.25) is 0 Å². The van der Waals surface area contributed by atoms with Crippen molar-refractivity contribution in [1.29, 1.82) is 0 Å². The Morgan fingerprint density at radius 1 is 1.44 bits per heavy atom. The average molecular weight is 396 g/mol. The highest BCUT2D eigenvalue weighted by atomic mass is 79.9. The first-order chi connectivity index (χ1) is 8.61. The number of hydrogen-bond acceptors (Lipinski definition) is 1. The van der Waals surface area contributed by atoms with Crippen LogP contribution in [-0.4, -0.2) is 29.8 Å². The molecule has 0 N–H and O–H groups in total. The summed E-state index contributed by atoms with van der Waals surface area (Å²) >= 11 is 12.7. The Morgan fingerprint density at radius 2 is 2.22 bits per heavy atom. The Bertz CT molecular complexity index is 453. The van der Waals surface area contributed by atoms with Gasteiger partial charge in [-0.3, -0.25) is 4.79 Å². The monoisotopic (exact) mass is 393 g/mol. The number of alkyl halides is 1. The molecule has 98 valence electrons. The first kappa shape index (κ1) is 14.4. The van der Waals surface area contributed by atoms with Crippen molar-refractivity contribution in [2.45, 2.75) is 12.8 Å². The van der Waals surface area contributed by atoms with Crippen LogP contribution in [0.5, 0.6) is 0 Å². The Morgan fingerprint density at radius 3 is 2.94 bits per heavy atom. The van der Waals surface area contributed by atoms with E-state index in [1.54, 1.807) is 0 Å². The van der Waals surface area contributed by atoms with Crippen LogP contribution in [0, 0.1) is 5.92 Å². The second-order valence-corrected chi connectivity index (χ2v) is 6.62. The van der Waals surface area contributed by atoms with E-state index in [9.17, 15) is 4.79 Å². The average Bonchev–Trinajstić information content (AvgIpc) is 2.41. The minimum absolute atomic E-state index is 0.0815. The molecule has 1 atom stereocenters. The van der Waals surface area contributed by atoms with Crippen molar-refractivity contribution in [3.8, 4) is 0 Å². The van der Waals surface area contributed by atoms with Gasteiger partial charge in [-0.2, -0.15) is 0 Å². The lowest BCUT2D eigenvalue weighted by Gasteiger charge is -2.32. The molecule has 0 aromatic heterocycles. The van der Waals surface area contributed by atoms with Gasteiger partial charge in [0, 0.05) is 27.9 Å². The number of rotatable bonds is 2. The molecular formula is C13H14Br2ClNO. The van der Waals surface area contributed by atoms with E-state index >= 15 is 0 Å². The second kappa shape index (κ2) is 6.40. The smallest absolute Gasteiger partial charge is 0.255 e. The van der Waals surface area contributed by atoms with Gasteiger partial charge < -0.3 is 4.90 Å². The van der Waals surface area contributed by atoms with E-state index in [1.807, 2.05) is 23.1 Å². The predicted molar refractivity (Wildman–Crippen MR) is 81.2 cm³/mol. The van der Waals surface area contributed by atoms with Crippen LogP contribution in [0.4, 0.5) is 0 Å². The van der Waals surface area contributed by atoms with Crippen LogP contribution >= 0.6 is 43.5 Å². The molecule has 5 heteroatoms. The lowest BCUT2D eigenvalue weighted by atomic mass is 9.99. The maximum Gasteiger partial charge on any atom is 0.255 e. The van der Waals surface area contributed by atoms with Crippen molar-refractivity contribution >= 4 is 49.4 Å². The third kappa shape index (κ3) is 3.28. The number of carbonyl (C=O) groups excluding carboxylic acids is 1. The van der Waals surface area contributed by atoms with Gasteiger partial charge in [0.25, 0.3) is 5.91 Å². The molecule has 18 heavy (non-hydrogen) atoms. The standard InChI is InChI=1S/C13H14Br2ClNO/c14-10-3-4-12(15)11(6-10)13(18)17-5-1-2-9(7-16)8-17/h3-4,6,9H,1-2,5,7-8H2. The Balaban J connectivity index is 2.17. The zero-order valence-electron chi connectivity index (χ0n) is 9.83. The third-order valence-electron chi connectivity index (χ3n) is 3.18. The molecule has 0 bridgehead atoms. The number of nitrogens with zero attached hydrogens (tertiary/aromatic N) is 1. The maximum atomic E-state index is 12.5. The molecule has 1 aromatic carbocycles. The lowest BCUT2D eigenvalue weighted by molar-refractivity contribution is 0.0684. The van der Waals surface area contributed by atoms with Crippen molar-refractivity contribution in [3.63, 3.8) is 0 Å². The first-order valence-corrected chi connectivity index (χ1v) is 8.04. The van der Waals surface area contributed by atoms with Gasteiger partial charge >= 0.3 is 0 Å². The number of hydrogen-bond donors (Lipinski definition) is 0. The van der Waals surface area contributed by atoms with Crippen molar-refractivity contribution in [2.75, 3.05) is 19.0 Å². The van der Waals surface area contributed by atoms with Crippen molar-refractivity contribution in [2.24, 2.45) is 5.92 Å². The fraction of sp³-hybridized carbons (Fsp3) is 0.462. The summed E-state index contributed by atoms with van der Waals surface area (Å²) in [5.41, 5.74) is 0.708. The van der Waals surface area contributed by atoms with E-state index in [1.165, 1.54) is 0 Å². The first-order valence-electron chi connectivity index (χ1n) is 5.92. The predicted octanol–water partition coefficient (Wildman–Crippen LogP) is 4.30. The van der Waals surface area contributed by atoms with Gasteiger partial charge in [0.05, 0.1) is 5.56 Å². The van der Waals surface area contributed by atoms with E-state index in [-0.39, 0.29) is 5.91 Å². The van der Waals surface area contributed by atoms with Crippen LogP contribution < -0.4 is 0 Å². The Labute approximate surface area is 129 Å². The molecule has 0 aliphatic carbocycles. The number of halogens is 3. The summed E-state index contributed by atoms with van der Waals surface area (Å²) in [5, 5.41) is 0. The molecule has 2 nitrogen and oxygen atoms in total. The molecule has 1 aliphatic heterocycles. The van der Waals surface area contributed by atoms with Crippen LogP contribution in [-0.2, 0) is 0 Å². The second-order valence-electron chi connectivity index (χ2n) is 4.54. The quantitative estimate of drug-likeness (QED) is 0.684. The number of piperidine rings is 1. The third-order valence-corrected chi connectivity index (χ3v) is 4.80. The highest BCUT2D eigenvalue weighted by Crippen LogP contribution is 2.25. The van der Waals surface area contributed by atoms with E-state index in [4.69, 9.17) is 11.6 Å². The van der Waals surface area contributed by atoms with Crippen LogP contribution in [0.1, 0.15) is 23.2 Å². The summed E-state index contributed by atoms with van der Waals surface area (Å²) in [6.07, 6.45) is 2.15. The highest BCUT2D eigenvalue weighted by Gasteiger charge is 2.25. The summed E-state index contributed by atoms with van der Waals surface area (Å²) in [7, 11) is 0. The van der Waals surface area contributed by atoms with Crippen molar-refractivity contribution < 1.29 is 4.79 Å². The molecule has 0 saturated carbocycles. The minimum atomic E-state index is 0.0815.